The molecule has 1 aromatic rings. The van der Waals surface area contributed by atoms with Crippen LogP contribution in [-0.4, -0.2) is 30.4 Å². The molecular formula is C17H26N2O3. The maximum atomic E-state index is 11.9. The van der Waals surface area contributed by atoms with E-state index in [2.05, 4.69) is 10.6 Å². The Hall–Kier alpha value is -1.75. The number of nitrogens with one attached hydrogen (secondary N) is 2. The molecule has 5 nitrogen and oxygen atoms in total. The van der Waals surface area contributed by atoms with Crippen LogP contribution >= 0.6 is 0 Å². The second-order valence-corrected chi connectivity index (χ2v) is 5.79. The van der Waals surface area contributed by atoms with Gasteiger partial charge in [0.05, 0.1) is 12.7 Å². The molecule has 2 atom stereocenters. The highest BCUT2D eigenvalue weighted by atomic mass is 16.5. The Morgan fingerprint density at radius 1 is 1.32 bits per heavy atom. The molecule has 1 aliphatic carbocycles. The van der Waals surface area contributed by atoms with Crippen LogP contribution in [0, 0.1) is 5.92 Å². The highest BCUT2D eigenvalue weighted by molar-refractivity contribution is 5.73. The van der Waals surface area contributed by atoms with Crippen LogP contribution in [0.2, 0.25) is 0 Å². The Labute approximate surface area is 132 Å². The molecule has 1 aromatic carbocycles. The number of urea groups is 1. The van der Waals surface area contributed by atoms with Crippen molar-refractivity contribution in [3.8, 4) is 5.75 Å². The molecule has 1 saturated carbocycles. The van der Waals surface area contributed by atoms with E-state index in [1.807, 2.05) is 31.2 Å². The molecule has 3 N–H and O–H groups in total. The Morgan fingerprint density at radius 3 is 2.91 bits per heavy atom. The van der Waals surface area contributed by atoms with Crippen molar-refractivity contribution in [3.05, 3.63) is 29.8 Å². The van der Waals surface area contributed by atoms with Gasteiger partial charge in [0.2, 0.25) is 0 Å². The third kappa shape index (κ3) is 5.22. The molecule has 2 unspecified atom stereocenters. The van der Waals surface area contributed by atoms with Gasteiger partial charge in [0.25, 0.3) is 0 Å². The Balaban J connectivity index is 1.73. The Morgan fingerprint density at radius 2 is 2.14 bits per heavy atom. The second kappa shape index (κ2) is 8.63. The Kier molecular flexibility index (Phi) is 6.52. The highest BCUT2D eigenvalue weighted by Gasteiger charge is 2.20. The van der Waals surface area contributed by atoms with Gasteiger partial charge in [0.15, 0.2) is 0 Å². The molecule has 22 heavy (non-hydrogen) atoms. The Bertz CT molecular complexity index is 479. The highest BCUT2D eigenvalue weighted by Crippen LogP contribution is 2.23. The van der Waals surface area contributed by atoms with Crippen LogP contribution in [0.1, 0.15) is 38.2 Å². The molecule has 0 spiro atoms. The van der Waals surface area contributed by atoms with Gasteiger partial charge in [-0.3, -0.25) is 0 Å². The summed E-state index contributed by atoms with van der Waals surface area (Å²) < 4.78 is 5.54. The van der Waals surface area contributed by atoms with E-state index in [1.165, 1.54) is 0 Å². The minimum atomic E-state index is -0.207. The van der Waals surface area contributed by atoms with Gasteiger partial charge in [-0.1, -0.05) is 24.6 Å². The van der Waals surface area contributed by atoms with Gasteiger partial charge in [-0.2, -0.15) is 0 Å². The number of aliphatic hydroxyl groups excluding tert-OH is 1. The molecule has 2 rings (SSSR count). The summed E-state index contributed by atoms with van der Waals surface area (Å²) in [6.07, 6.45) is 3.58. The number of aliphatic hydroxyl groups is 1. The van der Waals surface area contributed by atoms with E-state index in [1.54, 1.807) is 0 Å². The smallest absolute Gasteiger partial charge is 0.315 e. The number of hydrogen-bond acceptors (Lipinski definition) is 3. The van der Waals surface area contributed by atoms with Crippen molar-refractivity contribution in [1.29, 1.82) is 0 Å². The van der Waals surface area contributed by atoms with Crippen LogP contribution in [0.25, 0.3) is 0 Å². The van der Waals surface area contributed by atoms with Gasteiger partial charge in [0, 0.05) is 18.7 Å². The summed E-state index contributed by atoms with van der Waals surface area (Å²) in [5.74, 6) is 1.19. The first-order valence-corrected chi connectivity index (χ1v) is 8.09. The molecule has 1 aliphatic rings. The fraction of sp³-hybridized carbons (Fsp3) is 0.588. The molecular weight excluding hydrogens is 280 g/mol. The van der Waals surface area contributed by atoms with Gasteiger partial charge in [-0.05, 0) is 38.2 Å². The number of rotatable bonds is 6. The zero-order valence-electron chi connectivity index (χ0n) is 13.2. The number of hydrogen-bond donors (Lipinski definition) is 3. The van der Waals surface area contributed by atoms with Gasteiger partial charge in [-0.15, -0.1) is 0 Å². The van der Waals surface area contributed by atoms with E-state index in [0.29, 0.717) is 25.6 Å². The second-order valence-electron chi connectivity index (χ2n) is 5.79. The van der Waals surface area contributed by atoms with Crippen molar-refractivity contribution >= 4 is 6.03 Å². The number of ether oxygens (including phenoxy) is 1. The lowest BCUT2D eigenvalue weighted by Gasteiger charge is -2.25. The van der Waals surface area contributed by atoms with E-state index in [-0.39, 0.29) is 12.1 Å². The van der Waals surface area contributed by atoms with Gasteiger partial charge in [0.1, 0.15) is 5.75 Å². The predicted molar refractivity (Wildman–Crippen MR) is 85.8 cm³/mol. The van der Waals surface area contributed by atoms with E-state index >= 15 is 0 Å². The van der Waals surface area contributed by atoms with Crippen LogP contribution in [0.3, 0.4) is 0 Å². The first-order chi connectivity index (χ1) is 10.7. The maximum Gasteiger partial charge on any atom is 0.315 e. The normalized spacial score (nSPS) is 21.2. The van der Waals surface area contributed by atoms with Crippen molar-refractivity contribution in [1.82, 2.24) is 10.6 Å². The predicted octanol–water partition coefficient (Wildman–Crippen LogP) is 2.44. The summed E-state index contributed by atoms with van der Waals surface area (Å²) in [5.41, 5.74) is 0.965. The first-order valence-electron chi connectivity index (χ1n) is 8.09. The number of para-hydroxylation sites is 1. The minimum absolute atomic E-state index is 0.175. The lowest BCUT2D eigenvalue weighted by atomic mass is 9.87. The fourth-order valence-electron chi connectivity index (χ4n) is 2.87. The summed E-state index contributed by atoms with van der Waals surface area (Å²) in [7, 11) is 0. The SMILES string of the molecule is CCOc1ccccc1CNC(=O)NCC1CCCC(O)C1. The van der Waals surface area contributed by atoms with Crippen LogP contribution < -0.4 is 15.4 Å². The molecule has 1 fully saturated rings. The zero-order chi connectivity index (χ0) is 15.8. The molecule has 0 aliphatic heterocycles. The average Bonchev–Trinajstić information content (AvgIpc) is 2.52. The van der Waals surface area contributed by atoms with Gasteiger partial charge >= 0.3 is 6.03 Å². The molecule has 0 saturated heterocycles. The van der Waals surface area contributed by atoms with Crippen molar-refractivity contribution in [2.45, 2.75) is 45.3 Å². The fourth-order valence-corrected chi connectivity index (χ4v) is 2.87. The maximum absolute atomic E-state index is 11.9. The summed E-state index contributed by atoms with van der Waals surface area (Å²) in [6, 6.07) is 7.53. The quantitative estimate of drug-likeness (QED) is 0.756. The van der Waals surface area contributed by atoms with Crippen molar-refractivity contribution in [2.24, 2.45) is 5.92 Å². The van der Waals surface area contributed by atoms with Gasteiger partial charge in [-0.25, -0.2) is 4.79 Å². The van der Waals surface area contributed by atoms with E-state index in [9.17, 15) is 9.90 Å². The standard InChI is InChI=1S/C17H26N2O3/c1-2-22-16-9-4-3-7-14(16)12-19-17(21)18-11-13-6-5-8-15(20)10-13/h3-4,7,9,13,15,20H,2,5-6,8,10-12H2,1H3,(H2,18,19,21). The molecule has 0 aromatic heterocycles. The molecule has 2 amide bonds. The third-order valence-corrected chi connectivity index (χ3v) is 4.02. The molecule has 0 radical (unpaired) electrons. The molecule has 122 valence electrons. The van der Waals surface area contributed by atoms with Crippen LogP contribution in [0.5, 0.6) is 5.75 Å². The van der Waals surface area contributed by atoms with E-state index in [4.69, 9.17) is 4.74 Å². The molecule has 5 heteroatoms. The van der Waals surface area contributed by atoms with E-state index in [0.717, 1.165) is 37.0 Å². The molecule has 0 bridgehead atoms. The van der Waals surface area contributed by atoms with Crippen molar-refractivity contribution < 1.29 is 14.6 Å². The van der Waals surface area contributed by atoms with Crippen molar-refractivity contribution in [2.75, 3.05) is 13.2 Å². The number of carbonyl (C=O) groups excluding carboxylic acids is 1. The number of benzene rings is 1. The topological polar surface area (TPSA) is 70.6 Å². The van der Waals surface area contributed by atoms with Crippen LogP contribution in [-0.2, 0) is 6.54 Å². The van der Waals surface area contributed by atoms with Crippen LogP contribution in [0.15, 0.2) is 24.3 Å². The van der Waals surface area contributed by atoms with Crippen molar-refractivity contribution in [3.63, 3.8) is 0 Å². The third-order valence-electron chi connectivity index (χ3n) is 4.02. The average molecular weight is 306 g/mol. The molecule has 0 heterocycles. The number of amides is 2. The lowest BCUT2D eigenvalue weighted by molar-refractivity contribution is 0.101. The zero-order valence-corrected chi connectivity index (χ0v) is 13.2. The first kappa shape index (κ1) is 16.6. The monoisotopic (exact) mass is 306 g/mol. The largest absolute Gasteiger partial charge is 0.494 e. The number of carbonyl (C=O) groups is 1. The summed E-state index contributed by atoms with van der Waals surface area (Å²) >= 11 is 0. The summed E-state index contributed by atoms with van der Waals surface area (Å²) in [5, 5.41) is 15.4. The summed E-state index contributed by atoms with van der Waals surface area (Å²) in [6.45, 7) is 3.61. The van der Waals surface area contributed by atoms with Gasteiger partial charge < -0.3 is 20.5 Å². The van der Waals surface area contributed by atoms with Crippen LogP contribution in [0.4, 0.5) is 4.79 Å². The summed E-state index contributed by atoms with van der Waals surface area (Å²) in [4.78, 5) is 11.9. The lowest BCUT2D eigenvalue weighted by Crippen LogP contribution is -2.39. The van der Waals surface area contributed by atoms with E-state index < -0.39 is 0 Å². The minimum Gasteiger partial charge on any atom is -0.494 e.